The average Bonchev–Trinajstić information content (AvgIpc) is 2.67. The van der Waals surface area contributed by atoms with Crippen LogP contribution in [0.1, 0.15) is 18.1 Å². The summed E-state index contributed by atoms with van der Waals surface area (Å²) in [5.74, 6) is -0.414. The molecule has 28 heavy (non-hydrogen) atoms. The van der Waals surface area contributed by atoms with Crippen LogP contribution in [-0.4, -0.2) is 16.5 Å². The van der Waals surface area contributed by atoms with Gasteiger partial charge in [-0.05, 0) is 30.7 Å². The van der Waals surface area contributed by atoms with Gasteiger partial charge in [0.1, 0.15) is 12.2 Å². The highest BCUT2D eigenvalue weighted by Gasteiger charge is 2.36. The SMILES string of the molecule is CCN(c1cccc(Cl)c1)c1ncc(C(F)(F)F)c(OCc2ccccc2)n1. The number of ether oxygens (including phenoxy) is 1. The zero-order chi connectivity index (χ0) is 20.1. The van der Waals surface area contributed by atoms with E-state index in [-0.39, 0.29) is 12.6 Å². The average molecular weight is 408 g/mol. The molecular weight excluding hydrogens is 391 g/mol. The summed E-state index contributed by atoms with van der Waals surface area (Å²) in [6, 6.07) is 15.8. The molecule has 0 unspecified atom stereocenters. The number of aromatic nitrogens is 2. The molecule has 1 aromatic heterocycles. The second kappa shape index (κ2) is 8.48. The Labute approximate surface area is 165 Å². The van der Waals surface area contributed by atoms with Crippen LogP contribution in [0.2, 0.25) is 5.02 Å². The van der Waals surface area contributed by atoms with Gasteiger partial charge in [-0.1, -0.05) is 48.0 Å². The predicted octanol–water partition coefficient (Wildman–Crippen LogP) is 5.89. The molecule has 0 saturated heterocycles. The van der Waals surface area contributed by atoms with Gasteiger partial charge in [0.05, 0.1) is 0 Å². The number of hydrogen-bond acceptors (Lipinski definition) is 4. The highest BCUT2D eigenvalue weighted by Crippen LogP contribution is 2.36. The van der Waals surface area contributed by atoms with E-state index >= 15 is 0 Å². The lowest BCUT2D eigenvalue weighted by Gasteiger charge is -2.22. The third kappa shape index (κ3) is 4.72. The van der Waals surface area contributed by atoms with E-state index in [4.69, 9.17) is 16.3 Å². The largest absolute Gasteiger partial charge is 0.472 e. The molecule has 0 atom stereocenters. The van der Waals surface area contributed by atoms with Gasteiger partial charge in [-0.25, -0.2) is 4.98 Å². The van der Waals surface area contributed by atoms with Crippen molar-refractivity contribution in [2.45, 2.75) is 19.7 Å². The molecule has 0 N–H and O–H groups in total. The van der Waals surface area contributed by atoms with Gasteiger partial charge in [-0.15, -0.1) is 0 Å². The van der Waals surface area contributed by atoms with Crippen molar-refractivity contribution >= 4 is 23.2 Å². The van der Waals surface area contributed by atoms with Crippen LogP contribution in [0.15, 0.2) is 60.8 Å². The van der Waals surface area contributed by atoms with Crippen molar-refractivity contribution in [2.75, 3.05) is 11.4 Å². The summed E-state index contributed by atoms with van der Waals surface area (Å²) in [7, 11) is 0. The Balaban J connectivity index is 1.96. The van der Waals surface area contributed by atoms with E-state index in [0.29, 0.717) is 17.3 Å². The van der Waals surface area contributed by atoms with Gasteiger partial charge in [0.2, 0.25) is 11.8 Å². The predicted molar refractivity (Wildman–Crippen MR) is 102 cm³/mol. The smallest absolute Gasteiger partial charge is 0.423 e. The second-order valence-electron chi connectivity index (χ2n) is 5.88. The number of rotatable bonds is 6. The van der Waals surface area contributed by atoms with Gasteiger partial charge in [-0.3, -0.25) is 0 Å². The van der Waals surface area contributed by atoms with E-state index in [1.165, 1.54) is 0 Å². The summed E-state index contributed by atoms with van der Waals surface area (Å²) in [4.78, 5) is 9.62. The fourth-order valence-electron chi connectivity index (χ4n) is 2.60. The minimum absolute atomic E-state index is 0.0380. The van der Waals surface area contributed by atoms with Crippen LogP contribution in [0.5, 0.6) is 5.88 Å². The summed E-state index contributed by atoms with van der Waals surface area (Å²) in [5.41, 5.74) is 0.385. The first-order chi connectivity index (χ1) is 13.4. The summed E-state index contributed by atoms with van der Waals surface area (Å²) >= 11 is 6.03. The Morgan fingerprint density at radius 1 is 1.07 bits per heavy atom. The standard InChI is InChI=1S/C20H17ClF3N3O/c1-2-27(16-10-6-9-15(21)11-16)19-25-12-17(20(22,23)24)18(26-19)28-13-14-7-4-3-5-8-14/h3-12H,2,13H2,1H3. The maximum Gasteiger partial charge on any atom is 0.423 e. The molecule has 8 heteroatoms. The Hall–Kier alpha value is -2.80. The molecule has 0 aliphatic carbocycles. The molecule has 1 heterocycles. The summed E-state index contributed by atoms with van der Waals surface area (Å²) in [6.45, 7) is 2.24. The minimum Gasteiger partial charge on any atom is -0.472 e. The number of benzene rings is 2. The molecule has 3 rings (SSSR count). The second-order valence-corrected chi connectivity index (χ2v) is 6.32. The van der Waals surface area contributed by atoms with Gasteiger partial charge < -0.3 is 9.64 Å². The van der Waals surface area contributed by atoms with E-state index in [1.54, 1.807) is 53.4 Å². The third-order valence-corrected chi connectivity index (χ3v) is 4.18. The van der Waals surface area contributed by atoms with E-state index in [2.05, 4.69) is 9.97 Å². The van der Waals surface area contributed by atoms with Gasteiger partial charge in [0.15, 0.2) is 0 Å². The lowest BCUT2D eigenvalue weighted by atomic mass is 10.2. The normalized spacial score (nSPS) is 11.3. The van der Waals surface area contributed by atoms with E-state index in [1.807, 2.05) is 13.0 Å². The van der Waals surface area contributed by atoms with Crippen LogP contribution in [0.25, 0.3) is 0 Å². The molecular formula is C20H17ClF3N3O. The molecule has 0 spiro atoms. The molecule has 0 bridgehead atoms. The highest BCUT2D eigenvalue weighted by atomic mass is 35.5. The minimum atomic E-state index is -4.63. The molecule has 0 saturated carbocycles. The van der Waals surface area contributed by atoms with E-state index in [0.717, 1.165) is 11.8 Å². The van der Waals surface area contributed by atoms with Crippen molar-refractivity contribution in [2.24, 2.45) is 0 Å². The quantitative estimate of drug-likeness (QED) is 0.511. The molecule has 0 aliphatic heterocycles. The maximum atomic E-state index is 13.4. The zero-order valence-electron chi connectivity index (χ0n) is 14.9. The van der Waals surface area contributed by atoms with Crippen molar-refractivity contribution < 1.29 is 17.9 Å². The van der Waals surface area contributed by atoms with Gasteiger partial charge in [-0.2, -0.15) is 18.2 Å². The Morgan fingerprint density at radius 3 is 2.46 bits per heavy atom. The lowest BCUT2D eigenvalue weighted by molar-refractivity contribution is -0.139. The monoisotopic (exact) mass is 407 g/mol. The summed E-state index contributed by atoms with van der Waals surface area (Å²) in [5, 5.41) is 0.503. The number of anilines is 2. The van der Waals surface area contributed by atoms with Gasteiger partial charge in [0, 0.05) is 23.5 Å². The Morgan fingerprint density at radius 2 is 1.82 bits per heavy atom. The molecule has 0 radical (unpaired) electrons. The number of halogens is 4. The van der Waals surface area contributed by atoms with Crippen LogP contribution < -0.4 is 9.64 Å². The third-order valence-electron chi connectivity index (χ3n) is 3.94. The van der Waals surface area contributed by atoms with Crippen molar-refractivity contribution in [1.82, 2.24) is 9.97 Å². The van der Waals surface area contributed by atoms with Crippen LogP contribution in [0.4, 0.5) is 24.8 Å². The van der Waals surface area contributed by atoms with Crippen LogP contribution in [-0.2, 0) is 12.8 Å². The topological polar surface area (TPSA) is 38.2 Å². The molecule has 0 fully saturated rings. The van der Waals surface area contributed by atoms with Crippen molar-refractivity contribution in [1.29, 1.82) is 0 Å². The van der Waals surface area contributed by atoms with Crippen LogP contribution >= 0.6 is 11.6 Å². The number of hydrogen-bond donors (Lipinski definition) is 0. The molecule has 0 amide bonds. The first-order valence-corrected chi connectivity index (χ1v) is 8.90. The zero-order valence-corrected chi connectivity index (χ0v) is 15.7. The van der Waals surface area contributed by atoms with Crippen molar-refractivity contribution in [3.63, 3.8) is 0 Å². The van der Waals surface area contributed by atoms with Gasteiger partial charge >= 0.3 is 6.18 Å². The molecule has 3 aromatic rings. The van der Waals surface area contributed by atoms with E-state index in [9.17, 15) is 13.2 Å². The first kappa shape index (κ1) is 19.9. The molecule has 0 aliphatic rings. The van der Waals surface area contributed by atoms with Crippen LogP contribution in [0.3, 0.4) is 0 Å². The first-order valence-electron chi connectivity index (χ1n) is 8.52. The number of alkyl halides is 3. The molecule has 146 valence electrons. The van der Waals surface area contributed by atoms with E-state index < -0.39 is 17.6 Å². The summed E-state index contributed by atoms with van der Waals surface area (Å²) < 4.78 is 45.5. The Bertz CT molecular complexity index is 935. The van der Waals surface area contributed by atoms with Gasteiger partial charge in [0.25, 0.3) is 0 Å². The van der Waals surface area contributed by atoms with Crippen molar-refractivity contribution in [3.8, 4) is 5.88 Å². The van der Waals surface area contributed by atoms with Crippen molar-refractivity contribution in [3.05, 3.63) is 76.9 Å². The number of nitrogens with zero attached hydrogens (tertiary/aromatic N) is 3. The Kier molecular flexibility index (Phi) is 6.04. The summed E-state index contributed by atoms with van der Waals surface area (Å²) in [6.07, 6.45) is -3.88. The fourth-order valence-corrected chi connectivity index (χ4v) is 2.79. The molecule has 4 nitrogen and oxygen atoms in total. The fraction of sp³-hybridized carbons (Fsp3) is 0.200. The lowest BCUT2D eigenvalue weighted by Crippen LogP contribution is -2.20. The maximum absolute atomic E-state index is 13.4. The van der Waals surface area contributed by atoms with Crippen LogP contribution in [0, 0.1) is 0 Å². The molecule has 2 aromatic carbocycles. The highest BCUT2D eigenvalue weighted by molar-refractivity contribution is 6.30.